The molecule has 1 aliphatic heterocycles. The average molecular weight is 289 g/mol. The molecule has 110 valence electrons. The van der Waals surface area contributed by atoms with Crippen molar-refractivity contribution in [2.75, 3.05) is 19.2 Å². The summed E-state index contributed by atoms with van der Waals surface area (Å²) in [4.78, 5) is 0. The fraction of sp³-hybridized carbons (Fsp3) is 0.250. The smallest absolute Gasteiger partial charge is 0.231 e. The number of hydrogen-bond donors (Lipinski definition) is 1. The van der Waals surface area contributed by atoms with Gasteiger partial charge in [0, 0.05) is 17.8 Å². The predicted molar refractivity (Wildman–Crippen MR) is 77.6 cm³/mol. The van der Waals surface area contributed by atoms with E-state index in [-0.39, 0.29) is 24.4 Å². The van der Waals surface area contributed by atoms with Crippen LogP contribution in [0.3, 0.4) is 0 Å². The van der Waals surface area contributed by atoms with Crippen molar-refractivity contribution in [3.8, 4) is 17.2 Å². The summed E-state index contributed by atoms with van der Waals surface area (Å²) in [7, 11) is 1.46. The minimum absolute atomic E-state index is 0.000119. The number of rotatable bonds is 4. The highest BCUT2D eigenvalue weighted by atomic mass is 19.1. The first-order valence-electron chi connectivity index (χ1n) is 6.67. The highest BCUT2D eigenvalue weighted by Gasteiger charge is 2.15. The van der Waals surface area contributed by atoms with E-state index in [1.54, 1.807) is 12.1 Å². The lowest BCUT2D eigenvalue weighted by Gasteiger charge is -2.17. The molecule has 0 amide bonds. The molecule has 1 heterocycles. The molecule has 5 heteroatoms. The van der Waals surface area contributed by atoms with Gasteiger partial charge in [-0.25, -0.2) is 4.39 Å². The van der Waals surface area contributed by atoms with Crippen molar-refractivity contribution in [1.82, 2.24) is 0 Å². The maximum absolute atomic E-state index is 13.4. The van der Waals surface area contributed by atoms with Crippen molar-refractivity contribution in [2.45, 2.75) is 13.0 Å². The molecule has 1 unspecified atom stereocenters. The van der Waals surface area contributed by atoms with E-state index in [1.165, 1.54) is 13.2 Å². The van der Waals surface area contributed by atoms with E-state index in [2.05, 4.69) is 5.32 Å². The summed E-state index contributed by atoms with van der Waals surface area (Å²) >= 11 is 0. The van der Waals surface area contributed by atoms with E-state index in [1.807, 2.05) is 25.1 Å². The van der Waals surface area contributed by atoms with Gasteiger partial charge in [0.1, 0.15) is 0 Å². The zero-order chi connectivity index (χ0) is 14.8. The van der Waals surface area contributed by atoms with Crippen LogP contribution in [0.4, 0.5) is 10.1 Å². The van der Waals surface area contributed by atoms with Crippen LogP contribution in [0.1, 0.15) is 18.5 Å². The molecule has 0 aliphatic carbocycles. The lowest BCUT2D eigenvalue weighted by atomic mass is 10.1. The van der Waals surface area contributed by atoms with Gasteiger partial charge in [0.05, 0.1) is 7.11 Å². The standard InChI is InChI=1S/C16H16FNO3/c1-10(11-3-5-13(17)15(7-11)19-2)18-12-4-6-14-16(8-12)21-9-20-14/h3-8,10,18H,9H2,1-2H3. The molecule has 0 fully saturated rings. The fourth-order valence-electron chi connectivity index (χ4n) is 2.27. The molecule has 0 aromatic heterocycles. The largest absolute Gasteiger partial charge is 0.494 e. The highest BCUT2D eigenvalue weighted by molar-refractivity contribution is 5.56. The van der Waals surface area contributed by atoms with Crippen molar-refractivity contribution in [2.24, 2.45) is 0 Å². The van der Waals surface area contributed by atoms with Gasteiger partial charge >= 0.3 is 0 Å². The molecule has 1 N–H and O–H groups in total. The lowest BCUT2D eigenvalue weighted by Crippen LogP contribution is -2.07. The number of methoxy groups -OCH3 is 1. The molecule has 1 atom stereocenters. The van der Waals surface area contributed by atoms with Crippen molar-refractivity contribution >= 4 is 5.69 Å². The van der Waals surface area contributed by atoms with Crippen LogP contribution in [0.25, 0.3) is 0 Å². The summed E-state index contributed by atoms with van der Waals surface area (Å²) in [6.07, 6.45) is 0. The number of fused-ring (bicyclic) bond motifs is 1. The monoisotopic (exact) mass is 289 g/mol. The van der Waals surface area contributed by atoms with Gasteiger partial charge in [-0.15, -0.1) is 0 Å². The second kappa shape index (κ2) is 5.52. The first kappa shape index (κ1) is 13.5. The molecule has 1 aliphatic rings. The molecule has 0 spiro atoms. The molecule has 0 radical (unpaired) electrons. The summed E-state index contributed by atoms with van der Waals surface area (Å²) < 4.78 is 29.1. The number of halogens is 1. The van der Waals surface area contributed by atoms with E-state index >= 15 is 0 Å². The molecule has 2 aromatic carbocycles. The molecule has 4 nitrogen and oxygen atoms in total. The van der Waals surface area contributed by atoms with Crippen LogP contribution in [-0.2, 0) is 0 Å². The van der Waals surface area contributed by atoms with Crippen LogP contribution < -0.4 is 19.5 Å². The minimum atomic E-state index is -0.364. The van der Waals surface area contributed by atoms with Gasteiger partial charge in [0.15, 0.2) is 23.1 Å². The van der Waals surface area contributed by atoms with Gasteiger partial charge in [-0.1, -0.05) is 6.07 Å². The van der Waals surface area contributed by atoms with Gasteiger partial charge < -0.3 is 19.5 Å². The van der Waals surface area contributed by atoms with Crippen molar-refractivity contribution in [3.63, 3.8) is 0 Å². The third-order valence-corrected chi connectivity index (χ3v) is 3.43. The molecule has 3 rings (SSSR count). The van der Waals surface area contributed by atoms with Gasteiger partial charge in [-0.3, -0.25) is 0 Å². The van der Waals surface area contributed by atoms with Crippen molar-refractivity contribution in [1.29, 1.82) is 0 Å². The Balaban J connectivity index is 1.78. The second-order valence-electron chi connectivity index (χ2n) is 4.83. The summed E-state index contributed by atoms with van der Waals surface area (Å²) in [5.74, 6) is 1.35. The van der Waals surface area contributed by atoms with E-state index in [0.717, 1.165) is 22.7 Å². The van der Waals surface area contributed by atoms with E-state index in [0.29, 0.717) is 0 Å². The van der Waals surface area contributed by atoms with Crippen LogP contribution in [0.5, 0.6) is 17.2 Å². The van der Waals surface area contributed by atoms with Crippen LogP contribution in [0.2, 0.25) is 0 Å². The summed E-state index contributed by atoms with van der Waals surface area (Å²) in [6.45, 7) is 2.25. The maximum atomic E-state index is 13.4. The first-order chi connectivity index (χ1) is 10.2. The predicted octanol–water partition coefficient (Wildman–Crippen LogP) is 3.74. The summed E-state index contributed by atoms with van der Waals surface area (Å²) in [5.41, 5.74) is 1.85. The zero-order valence-electron chi connectivity index (χ0n) is 11.9. The van der Waals surface area contributed by atoms with Gasteiger partial charge in [0.25, 0.3) is 0 Å². The molecular weight excluding hydrogens is 273 g/mol. The Morgan fingerprint density at radius 3 is 2.76 bits per heavy atom. The SMILES string of the molecule is COc1cc(C(C)Nc2ccc3c(c2)OCO3)ccc1F. The fourth-order valence-corrected chi connectivity index (χ4v) is 2.27. The normalized spacial score (nSPS) is 13.9. The quantitative estimate of drug-likeness (QED) is 0.931. The minimum Gasteiger partial charge on any atom is -0.494 e. The average Bonchev–Trinajstić information content (AvgIpc) is 2.95. The van der Waals surface area contributed by atoms with Gasteiger partial charge in [-0.2, -0.15) is 0 Å². The van der Waals surface area contributed by atoms with Crippen LogP contribution >= 0.6 is 0 Å². The van der Waals surface area contributed by atoms with E-state index in [4.69, 9.17) is 14.2 Å². The molecule has 21 heavy (non-hydrogen) atoms. The summed E-state index contributed by atoms with van der Waals surface area (Å²) in [5, 5.41) is 3.35. The third-order valence-electron chi connectivity index (χ3n) is 3.43. The van der Waals surface area contributed by atoms with Crippen LogP contribution in [0.15, 0.2) is 36.4 Å². The number of anilines is 1. The van der Waals surface area contributed by atoms with Gasteiger partial charge in [0.2, 0.25) is 6.79 Å². The number of nitrogens with one attached hydrogen (secondary N) is 1. The van der Waals surface area contributed by atoms with Crippen molar-refractivity contribution in [3.05, 3.63) is 47.8 Å². The Morgan fingerprint density at radius 1 is 1.14 bits per heavy atom. The Bertz CT molecular complexity index is 660. The van der Waals surface area contributed by atoms with E-state index in [9.17, 15) is 4.39 Å². The molecule has 0 saturated carbocycles. The van der Waals surface area contributed by atoms with Crippen LogP contribution in [-0.4, -0.2) is 13.9 Å². The Labute approximate surface area is 122 Å². The first-order valence-corrected chi connectivity index (χ1v) is 6.67. The Morgan fingerprint density at radius 2 is 1.95 bits per heavy atom. The van der Waals surface area contributed by atoms with Crippen LogP contribution in [0, 0.1) is 5.82 Å². The maximum Gasteiger partial charge on any atom is 0.231 e. The number of hydrogen-bond acceptors (Lipinski definition) is 4. The lowest BCUT2D eigenvalue weighted by molar-refractivity contribution is 0.174. The topological polar surface area (TPSA) is 39.7 Å². The third kappa shape index (κ3) is 2.72. The second-order valence-corrected chi connectivity index (χ2v) is 4.83. The number of benzene rings is 2. The van der Waals surface area contributed by atoms with E-state index < -0.39 is 0 Å². The molecule has 2 aromatic rings. The summed E-state index contributed by atoms with van der Waals surface area (Å²) in [6, 6.07) is 10.5. The molecule has 0 bridgehead atoms. The molecule has 0 saturated heterocycles. The van der Waals surface area contributed by atoms with Gasteiger partial charge in [-0.05, 0) is 36.8 Å². The Hall–Kier alpha value is -2.43. The van der Waals surface area contributed by atoms with Crippen molar-refractivity contribution < 1.29 is 18.6 Å². The zero-order valence-corrected chi connectivity index (χ0v) is 11.9. The molecular formula is C16H16FNO3. The highest BCUT2D eigenvalue weighted by Crippen LogP contribution is 2.35. The Kier molecular flexibility index (Phi) is 3.56. The number of ether oxygens (including phenoxy) is 3.